The molecule has 0 radical (unpaired) electrons. The van der Waals surface area contributed by atoms with Crippen molar-refractivity contribution in [3.05, 3.63) is 29.8 Å². The number of benzene rings is 1. The van der Waals surface area contributed by atoms with Gasteiger partial charge in [0, 0.05) is 19.0 Å². The van der Waals surface area contributed by atoms with E-state index in [1.165, 1.54) is 0 Å². The Balaban J connectivity index is 2.29. The molecule has 1 aliphatic rings. The molecule has 22 heavy (non-hydrogen) atoms. The molecule has 0 aromatic heterocycles. The molecule has 0 saturated carbocycles. The van der Waals surface area contributed by atoms with Gasteiger partial charge in [-0.15, -0.1) is 12.3 Å². The van der Waals surface area contributed by atoms with Crippen LogP contribution in [0, 0.1) is 12.3 Å². The van der Waals surface area contributed by atoms with Gasteiger partial charge in [0.2, 0.25) is 10.0 Å². The van der Waals surface area contributed by atoms with Crippen molar-refractivity contribution < 1.29 is 13.2 Å². The van der Waals surface area contributed by atoms with E-state index in [0.29, 0.717) is 6.54 Å². The van der Waals surface area contributed by atoms with Crippen LogP contribution in [0.25, 0.3) is 0 Å². The number of hydrogen-bond donors (Lipinski definition) is 0. The van der Waals surface area contributed by atoms with Gasteiger partial charge < -0.3 is 4.74 Å². The van der Waals surface area contributed by atoms with E-state index in [2.05, 4.69) is 5.92 Å². The fraction of sp³-hybridized carbons (Fsp3) is 0.529. The third-order valence-corrected chi connectivity index (χ3v) is 5.94. The van der Waals surface area contributed by atoms with Crippen LogP contribution in [0.1, 0.15) is 43.7 Å². The van der Waals surface area contributed by atoms with Crippen LogP contribution >= 0.6 is 0 Å². The van der Waals surface area contributed by atoms with E-state index in [1.54, 1.807) is 11.4 Å². The largest absolute Gasteiger partial charge is 0.497 e. The fourth-order valence-corrected chi connectivity index (χ4v) is 4.51. The monoisotopic (exact) mass is 321 g/mol. The molecule has 1 atom stereocenters. The van der Waals surface area contributed by atoms with E-state index < -0.39 is 10.0 Å². The van der Waals surface area contributed by atoms with Gasteiger partial charge in [-0.1, -0.05) is 25.0 Å². The van der Waals surface area contributed by atoms with Crippen LogP contribution in [0.15, 0.2) is 24.3 Å². The van der Waals surface area contributed by atoms with Gasteiger partial charge >= 0.3 is 0 Å². The molecule has 1 heterocycles. The molecule has 1 aromatic rings. The molecule has 1 aromatic carbocycles. The minimum atomic E-state index is -3.32. The number of hydrogen-bond acceptors (Lipinski definition) is 3. The number of ether oxygens (including phenoxy) is 1. The third-order valence-electron chi connectivity index (χ3n) is 4.07. The molecular formula is C17H23NO3S. The molecule has 1 unspecified atom stereocenters. The highest BCUT2D eigenvalue weighted by Gasteiger charge is 2.31. The van der Waals surface area contributed by atoms with Crippen LogP contribution in [0.3, 0.4) is 0 Å². The number of sulfonamides is 1. The highest BCUT2D eigenvalue weighted by molar-refractivity contribution is 7.89. The molecule has 0 bridgehead atoms. The minimum Gasteiger partial charge on any atom is -0.497 e. The summed E-state index contributed by atoms with van der Waals surface area (Å²) in [5, 5.41) is 0. The van der Waals surface area contributed by atoms with Gasteiger partial charge in [0.1, 0.15) is 5.75 Å². The Kier molecular flexibility index (Phi) is 5.87. The molecule has 120 valence electrons. The maximum absolute atomic E-state index is 12.6. The summed E-state index contributed by atoms with van der Waals surface area (Å²) in [6.07, 6.45) is 9.34. The van der Waals surface area contributed by atoms with E-state index >= 15 is 0 Å². The smallest absolute Gasteiger partial charge is 0.215 e. The molecule has 0 aliphatic carbocycles. The Labute approximate surface area is 133 Å². The van der Waals surface area contributed by atoms with Crippen molar-refractivity contribution in [2.24, 2.45) is 0 Å². The first kappa shape index (κ1) is 16.9. The van der Waals surface area contributed by atoms with Crippen LogP contribution in [0.5, 0.6) is 5.75 Å². The summed E-state index contributed by atoms with van der Waals surface area (Å²) < 4.78 is 32.0. The van der Waals surface area contributed by atoms with Gasteiger partial charge in [0.25, 0.3) is 0 Å². The second-order valence-corrected chi connectivity index (χ2v) is 7.56. The fourth-order valence-electron chi connectivity index (χ4n) is 2.88. The Morgan fingerprint density at radius 1 is 1.27 bits per heavy atom. The van der Waals surface area contributed by atoms with Crippen molar-refractivity contribution >= 4 is 10.0 Å². The summed E-state index contributed by atoms with van der Waals surface area (Å²) in [5.74, 6) is 3.23. The van der Waals surface area contributed by atoms with Gasteiger partial charge in [0.05, 0.1) is 12.9 Å². The van der Waals surface area contributed by atoms with E-state index in [1.807, 2.05) is 24.3 Å². The number of rotatable bonds is 5. The Morgan fingerprint density at radius 2 is 2.00 bits per heavy atom. The van der Waals surface area contributed by atoms with Crippen molar-refractivity contribution in [2.75, 3.05) is 19.4 Å². The lowest BCUT2D eigenvalue weighted by molar-refractivity contribution is 0.328. The Hall–Kier alpha value is -1.51. The van der Waals surface area contributed by atoms with E-state index in [9.17, 15) is 8.42 Å². The van der Waals surface area contributed by atoms with Crippen LogP contribution in [-0.4, -0.2) is 32.1 Å². The molecule has 1 aliphatic heterocycles. The van der Waals surface area contributed by atoms with Crippen LogP contribution in [-0.2, 0) is 10.0 Å². The zero-order valence-electron chi connectivity index (χ0n) is 13.0. The van der Waals surface area contributed by atoms with Crippen molar-refractivity contribution in [1.29, 1.82) is 0 Å². The predicted molar refractivity (Wildman–Crippen MR) is 88.1 cm³/mol. The van der Waals surface area contributed by atoms with E-state index in [-0.39, 0.29) is 18.2 Å². The second kappa shape index (κ2) is 7.66. The van der Waals surface area contributed by atoms with Crippen LogP contribution in [0.4, 0.5) is 0 Å². The third kappa shape index (κ3) is 4.02. The lowest BCUT2D eigenvalue weighted by Gasteiger charge is -2.29. The molecular weight excluding hydrogens is 298 g/mol. The van der Waals surface area contributed by atoms with Gasteiger partial charge in [-0.25, -0.2) is 8.42 Å². The molecule has 1 fully saturated rings. The summed E-state index contributed by atoms with van der Waals surface area (Å²) in [7, 11) is -1.70. The Bertz CT molecular complexity index is 616. The molecule has 2 rings (SSSR count). The zero-order valence-corrected chi connectivity index (χ0v) is 13.8. The molecule has 0 spiro atoms. The zero-order chi connectivity index (χ0) is 16.0. The van der Waals surface area contributed by atoms with Gasteiger partial charge in [0.15, 0.2) is 0 Å². The summed E-state index contributed by atoms with van der Waals surface area (Å²) in [4.78, 5) is 0. The predicted octanol–water partition coefficient (Wildman–Crippen LogP) is 2.97. The number of methoxy groups -OCH3 is 1. The van der Waals surface area contributed by atoms with Gasteiger partial charge in [-0.2, -0.15) is 4.31 Å². The first-order valence-electron chi connectivity index (χ1n) is 7.65. The van der Waals surface area contributed by atoms with E-state index in [4.69, 9.17) is 11.2 Å². The van der Waals surface area contributed by atoms with Gasteiger partial charge in [-0.3, -0.25) is 0 Å². The second-order valence-electron chi connectivity index (χ2n) is 5.52. The Morgan fingerprint density at radius 3 is 2.64 bits per heavy atom. The topological polar surface area (TPSA) is 46.6 Å². The van der Waals surface area contributed by atoms with Crippen LogP contribution < -0.4 is 4.74 Å². The lowest BCUT2D eigenvalue weighted by Crippen LogP contribution is -2.36. The molecule has 0 amide bonds. The highest BCUT2D eigenvalue weighted by Crippen LogP contribution is 2.33. The molecule has 1 saturated heterocycles. The first-order valence-corrected chi connectivity index (χ1v) is 9.26. The minimum absolute atomic E-state index is 0.0240. The average Bonchev–Trinajstić information content (AvgIpc) is 2.79. The standard InChI is InChI=1S/C17H23NO3S/c1-3-4-14-22(19,20)18-13-7-5-6-8-17(18)15-9-11-16(21-2)12-10-15/h1,9-12,17H,4-8,13-14H2,2H3. The van der Waals surface area contributed by atoms with Crippen molar-refractivity contribution in [3.63, 3.8) is 0 Å². The normalized spacial score (nSPS) is 20.1. The summed E-state index contributed by atoms with van der Waals surface area (Å²) in [6.45, 7) is 0.573. The SMILES string of the molecule is C#CCCS(=O)(=O)N1CCCCCC1c1ccc(OC)cc1. The summed E-state index contributed by atoms with van der Waals surface area (Å²) in [5.41, 5.74) is 1.02. The molecule has 0 N–H and O–H groups in total. The lowest BCUT2D eigenvalue weighted by atomic mass is 10.0. The van der Waals surface area contributed by atoms with E-state index in [0.717, 1.165) is 37.0 Å². The van der Waals surface area contributed by atoms with Crippen LogP contribution in [0.2, 0.25) is 0 Å². The molecule has 4 nitrogen and oxygen atoms in total. The molecule has 5 heteroatoms. The van der Waals surface area contributed by atoms with Gasteiger partial charge in [-0.05, 0) is 30.5 Å². The maximum atomic E-state index is 12.6. The number of terminal acetylenes is 1. The summed E-state index contributed by atoms with van der Waals surface area (Å²) in [6, 6.07) is 7.58. The van der Waals surface area contributed by atoms with Crippen molar-refractivity contribution in [3.8, 4) is 18.1 Å². The van der Waals surface area contributed by atoms with Crippen molar-refractivity contribution in [2.45, 2.75) is 38.1 Å². The van der Waals surface area contributed by atoms with Crippen molar-refractivity contribution in [1.82, 2.24) is 4.31 Å². The first-order chi connectivity index (χ1) is 10.6. The average molecular weight is 321 g/mol. The summed E-state index contributed by atoms with van der Waals surface area (Å²) >= 11 is 0. The maximum Gasteiger partial charge on any atom is 0.215 e. The highest BCUT2D eigenvalue weighted by atomic mass is 32.2. The number of nitrogens with zero attached hydrogens (tertiary/aromatic N) is 1. The quantitative estimate of drug-likeness (QED) is 0.783.